The molecule has 1 saturated heterocycles. The predicted octanol–water partition coefficient (Wildman–Crippen LogP) is 8.68. The van der Waals surface area contributed by atoms with E-state index in [4.69, 9.17) is 26.9 Å². The maximum absolute atomic E-state index is 14.6. The largest absolute Gasteiger partial charge is 0.448 e. The summed E-state index contributed by atoms with van der Waals surface area (Å²) in [5.41, 5.74) is 8.21. The second kappa shape index (κ2) is 18.6. The molecule has 0 radical (unpaired) electrons. The molecular formula is C46H34ClN7O5S4. The summed E-state index contributed by atoms with van der Waals surface area (Å²) in [5, 5.41) is 10.8. The van der Waals surface area contributed by atoms with Crippen molar-refractivity contribution in [1.82, 2.24) is 24.8 Å². The Labute approximate surface area is 383 Å². The summed E-state index contributed by atoms with van der Waals surface area (Å²) >= 11 is 11.5. The number of carbonyl (C=O) groups is 3. The van der Waals surface area contributed by atoms with Crippen LogP contribution in [0.15, 0.2) is 178 Å². The van der Waals surface area contributed by atoms with Crippen molar-refractivity contribution < 1.29 is 24.0 Å². The number of amides is 2. The van der Waals surface area contributed by atoms with Crippen LogP contribution < -0.4 is 11.1 Å². The first kappa shape index (κ1) is 42.0. The van der Waals surface area contributed by atoms with E-state index in [1.807, 2.05) is 152 Å². The summed E-state index contributed by atoms with van der Waals surface area (Å²) in [6.07, 6.45) is 0.827. The second-order valence-corrected chi connectivity index (χ2v) is 19.0. The van der Waals surface area contributed by atoms with Gasteiger partial charge in [0.2, 0.25) is 5.60 Å². The lowest BCUT2D eigenvalue weighted by molar-refractivity contribution is -0.154. The van der Waals surface area contributed by atoms with Gasteiger partial charge in [-0.25, -0.2) is 9.78 Å². The van der Waals surface area contributed by atoms with E-state index in [2.05, 4.69) is 25.0 Å². The molecule has 12 nitrogen and oxygen atoms in total. The lowest BCUT2D eigenvalue weighted by Gasteiger charge is -2.49. The molecule has 0 bridgehead atoms. The summed E-state index contributed by atoms with van der Waals surface area (Å²) < 4.78 is 11.1. The van der Waals surface area contributed by atoms with Crippen LogP contribution in [-0.2, 0) is 29.6 Å². The molecule has 1 fully saturated rings. The number of benzene rings is 5. The molecule has 2 aliphatic heterocycles. The van der Waals surface area contributed by atoms with Crippen LogP contribution >= 0.6 is 58.0 Å². The van der Waals surface area contributed by atoms with E-state index in [0.717, 1.165) is 43.4 Å². The fraction of sp³-hybridized carbons (Fsp3) is 0.109. The molecule has 2 aromatic heterocycles. The van der Waals surface area contributed by atoms with Gasteiger partial charge in [0.1, 0.15) is 31.4 Å². The topological polar surface area (TPSA) is 162 Å². The number of thioether (sulfide) groups is 2. The number of carbonyl (C=O) groups excluding carboxylic acids is 3. The Bertz CT molecular complexity index is 2670. The van der Waals surface area contributed by atoms with Gasteiger partial charge in [0.25, 0.3) is 11.8 Å². The highest BCUT2D eigenvalue weighted by Gasteiger charge is 2.55. The van der Waals surface area contributed by atoms with Crippen LogP contribution in [0.4, 0.5) is 5.13 Å². The fourth-order valence-corrected chi connectivity index (χ4v) is 11.4. The van der Waals surface area contributed by atoms with Crippen LogP contribution in [0.25, 0.3) is 0 Å². The zero-order chi connectivity index (χ0) is 43.3. The number of esters is 1. The Morgan fingerprint density at radius 3 is 1.87 bits per heavy atom. The molecule has 4 heterocycles. The van der Waals surface area contributed by atoms with Crippen molar-refractivity contribution in [3.05, 3.63) is 206 Å². The highest BCUT2D eigenvalue weighted by molar-refractivity contribution is 8.07. The van der Waals surface area contributed by atoms with Gasteiger partial charge < -0.3 is 20.6 Å². The van der Waals surface area contributed by atoms with Crippen molar-refractivity contribution in [2.45, 2.75) is 27.3 Å². The van der Waals surface area contributed by atoms with E-state index in [1.165, 1.54) is 40.0 Å². The van der Waals surface area contributed by atoms with E-state index >= 15 is 0 Å². The molecule has 2 atom stereocenters. The molecule has 314 valence electrons. The van der Waals surface area contributed by atoms with Crippen LogP contribution in [0.3, 0.4) is 0 Å². The van der Waals surface area contributed by atoms with Gasteiger partial charge in [-0.2, -0.15) is 0 Å². The number of fused-ring (bicyclic) bond motifs is 1. The SMILES string of the molecule is Nc1nc(/C(=N/OC(c2ccccc2)(c2ccccc2)c2ccccc2)C(=O)N[C@@H]2C(=O)N3C(C(=O)OC(c4ccccc4)c4ccccc4)=C(Sc4cnns4)CSC23)c(Cl)s1. The van der Waals surface area contributed by atoms with Gasteiger partial charge in [0.05, 0.1) is 6.20 Å². The van der Waals surface area contributed by atoms with Gasteiger partial charge in [-0.05, 0) is 22.7 Å². The van der Waals surface area contributed by atoms with Crippen LogP contribution in [0.1, 0.15) is 39.6 Å². The van der Waals surface area contributed by atoms with Crippen molar-refractivity contribution in [3.63, 3.8) is 0 Å². The van der Waals surface area contributed by atoms with Crippen molar-refractivity contribution in [1.29, 1.82) is 0 Å². The number of anilines is 1. The highest BCUT2D eigenvalue weighted by atomic mass is 35.5. The van der Waals surface area contributed by atoms with Crippen molar-refractivity contribution in [3.8, 4) is 0 Å². The normalized spacial score (nSPS) is 16.3. The Hall–Kier alpha value is -6.30. The number of thiazole rings is 1. The molecule has 7 aromatic rings. The first-order chi connectivity index (χ1) is 30.8. The summed E-state index contributed by atoms with van der Waals surface area (Å²) in [5.74, 6) is -1.70. The summed E-state index contributed by atoms with van der Waals surface area (Å²) in [6.45, 7) is 0. The van der Waals surface area contributed by atoms with Crippen molar-refractivity contribution in [2.75, 3.05) is 11.5 Å². The number of nitrogens with zero attached hydrogens (tertiary/aromatic N) is 5. The molecule has 0 spiro atoms. The summed E-state index contributed by atoms with van der Waals surface area (Å²) in [6, 6.07) is 46.3. The number of oxime groups is 1. The van der Waals surface area contributed by atoms with Gasteiger partial charge in [-0.3, -0.25) is 14.5 Å². The molecule has 5 aromatic carbocycles. The summed E-state index contributed by atoms with van der Waals surface area (Å²) in [7, 11) is 0. The number of halogens is 1. The number of rotatable bonds is 14. The van der Waals surface area contributed by atoms with Gasteiger partial charge in [0.15, 0.2) is 16.9 Å². The van der Waals surface area contributed by atoms with E-state index < -0.39 is 40.9 Å². The van der Waals surface area contributed by atoms with E-state index in [9.17, 15) is 14.4 Å². The number of hydrogen-bond acceptors (Lipinski definition) is 14. The minimum atomic E-state index is -1.36. The van der Waals surface area contributed by atoms with Gasteiger partial charge in [-0.15, -0.1) is 16.9 Å². The second-order valence-electron chi connectivity index (χ2n) is 14.1. The molecule has 2 aliphatic rings. The number of nitrogen functional groups attached to an aromatic ring is 1. The zero-order valence-electron chi connectivity index (χ0n) is 32.8. The maximum Gasteiger partial charge on any atom is 0.356 e. The number of hydrogen-bond donors (Lipinski definition) is 2. The number of aromatic nitrogens is 3. The van der Waals surface area contributed by atoms with Crippen LogP contribution in [-0.4, -0.2) is 60.1 Å². The van der Waals surface area contributed by atoms with Crippen LogP contribution in [0.2, 0.25) is 4.34 Å². The van der Waals surface area contributed by atoms with E-state index in [1.54, 1.807) is 6.20 Å². The predicted molar refractivity (Wildman–Crippen MR) is 247 cm³/mol. The molecule has 63 heavy (non-hydrogen) atoms. The molecular weight excluding hydrogens is 894 g/mol. The average Bonchev–Trinajstić information content (AvgIpc) is 3.97. The molecule has 1 unspecified atom stereocenters. The third-order valence-electron chi connectivity index (χ3n) is 10.3. The third kappa shape index (κ3) is 8.47. The lowest BCUT2D eigenvalue weighted by Crippen LogP contribution is -2.71. The quantitative estimate of drug-likeness (QED) is 0.0353. The summed E-state index contributed by atoms with van der Waals surface area (Å²) in [4.78, 5) is 56.6. The lowest BCUT2D eigenvalue weighted by atomic mass is 9.80. The number of β-lactam (4-membered cyclic amide) rings is 1. The highest BCUT2D eigenvalue weighted by Crippen LogP contribution is 2.47. The smallest absolute Gasteiger partial charge is 0.356 e. The Morgan fingerprint density at radius 2 is 1.38 bits per heavy atom. The van der Waals surface area contributed by atoms with Crippen molar-refractivity contribution >= 4 is 86.6 Å². The first-order valence-electron chi connectivity index (χ1n) is 19.4. The van der Waals surface area contributed by atoms with E-state index in [0.29, 0.717) is 10.7 Å². The zero-order valence-corrected chi connectivity index (χ0v) is 36.8. The van der Waals surface area contributed by atoms with Crippen molar-refractivity contribution in [2.24, 2.45) is 5.16 Å². The molecule has 17 heteroatoms. The fourth-order valence-electron chi connectivity index (χ4n) is 7.39. The first-order valence-corrected chi connectivity index (χ1v) is 23.2. The van der Waals surface area contributed by atoms with Gasteiger partial charge in [0, 0.05) is 27.3 Å². The number of nitrogens with one attached hydrogen (secondary N) is 1. The van der Waals surface area contributed by atoms with Crippen LogP contribution in [0, 0.1) is 0 Å². The van der Waals surface area contributed by atoms with Gasteiger partial charge >= 0.3 is 5.97 Å². The number of nitrogens with two attached hydrogens (primary N) is 1. The maximum atomic E-state index is 14.6. The minimum absolute atomic E-state index is 0.0199. The molecule has 0 saturated carbocycles. The van der Waals surface area contributed by atoms with Crippen LogP contribution in [0.5, 0.6) is 0 Å². The standard InChI is InChI=1S/C46H34ClN7O5S4/c47-40-35(51-45(48)62-40)36(52-59-46(30-20-10-3-11-21-30,31-22-12-4-13-23-31)32-24-14-5-15-25-32)41(55)50-37-42(56)54-38(33(27-60-43(37)54)61-34-26-49-53-63-34)44(57)58-39(28-16-6-1-7-17-28)29-18-8-2-9-19-29/h1-26,37,39,43H,27H2,(H2,48,51)(H,50,55)/b52-36-/t37-,43?/m1/s1. The molecule has 2 amide bonds. The Balaban J connectivity index is 1.06. The Morgan fingerprint density at radius 1 is 0.841 bits per heavy atom. The third-order valence-corrected chi connectivity index (χ3v) is 14.6. The molecule has 3 N–H and O–H groups in total. The molecule has 0 aliphatic carbocycles. The minimum Gasteiger partial charge on any atom is -0.448 e. The average molecular weight is 929 g/mol. The monoisotopic (exact) mass is 927 g/mol. The Kier molecular flexibility index (Phi) is 12.4. The number of ether oxygens (including phenoxy) is 1. The van der Waals surface area contributed by atoms with E-state index in [-0.39, 0.29) is 26.6 Å². The van der Waals surface area contributed by atoms with Gasteiger partial charge in [-0.1, -0.05) is 196 Å². The molecule has 9 rings (SSSR count).